The average molecular weight is 231 g/mol. The molecule has 3 nitrogen and oxygen atoms in total. The molecular weight excluding hydrogens is 213 g/mol. The SMILES string of the molecule is C=C(B1OC(C)(C)C(C)(C)O1)c1cccnc1. The fourth-order valence-electron chi connectivity index (χ4n) is 1.67. The van der Waals surface area contributed by atoms with Crippen LogP contribution in [0, 0.1) is 0 Å². The molecule has 1 aliphatic rings. The van der Waals surface area contributed by atoms with E-state index in [1.54, 1.807) is 12.4 Å². The molecule has 0 atom stereocenters. The van der Waals surface area contributed by atoms with Gasteiger partial charge in [-0.25, -0.2) is 0 Å². The van der Waals surface area contributed by atoms with Crippen LogP contribution >= 0.6 is 0 Å². The van der Waals surface area contributed by atoms with Crippen molar-refractivity contribution in [2.45, 2.75) is 38.9 Å². The van der Waals surface area contributed by atoms with E-state index in [0.29, 0.717) is 0 Å². The zero-order valence-corrected chi connectivity index (χ0v) is 10.9. The summed E-state index contributed by atoms with van der Waals surface area (Å²) in [5.74, 6) is 0. The summed E-state index contributed by atoms with van der Waals surface area (Å²) in [4.78, 5) is 4.08. The minimum atomic E-state index is -0.399. The van der Waals surface area contributed by atoms with Crippen molar-refractivity contribution in [3.63, 3.8) is 0 Å². The van der Waals surface area contributed by atoms with Crippen LogP contribution in [0.15, 0.2) is 31.1 Å². The first-order valence-electron chi connectivity index (χ1n) is 5.78. The van der Waals surface area contributed by atoms with E-state index in [0.717, 1.165) is 11.0 Å². The Morgan fingerprint density at radius 1 is 1.24 bits per heavy atom. The third-order valence-electron chi connectivity index (χ3n) is 3.57. The molecule has 2 rings (SSSR count). The fraction of sp³-hybridized carbons (Fsp3) is 0.462. The van der Waals surface area contributed by atoms with Crippen LogP contribution in [-0.4, -0.2) is 23.3 Å². The summed E-state index contributed by atoms with van der Waals surface area (Å²) in [6.45, 7) is 12.2. The molecule has 0 amide bonds. The lowest BCUT2D eigenvalue weighted by atomic mass is 9.76. The summed E-state index contributed by atoms with van der Waals surface area (Å²) < 4.78 is 11.9. The Balaban J connectivity index is 2.20. The number of nitrogens with zero attached hydrogens (tertiary/aromatic N) is 1. The summed E-state index contributed by atoms with van der Waals surface area (Å²) in [6, 6.07) is 3.84. The minimum absolute atomic E-state index is 0.331. The average Bonchev–Trinajstić information content (AvgIpc) is 2.48. The zero-order chi connectivity index (χ0) is 12.7. The topological polar surface area (TPSA) is 31.4 Å². The molecule has 0 unspecified atom stereocenters. The monoisotopic (exact) mass is 231 g/mol. The third-order valence-corrected chi connectivity index (χ3v) is 3.57. The van der Waals surface area contributed by atoms with Gasteiger partial charge in [0.25, 0.3) is 0 Å². The van der Waals surface area contributed by atoms with E-state index in [9.17, 15) is 0 Å². The van der Waals surface area contributed by atoms with Crippen LogP contribution in [0.2, 0.25) is 0 Å². The molecule has 0 spiro atoms. The summed E-state index contributed by atoms with van der Waals surface area (Å²) in [7, 11) is -0.399. The van der Waals surface area contributed by atoms with Crippen molar-refractivity contribution in [2.75, 3.05) is 0 Å². The lowest BCUT2D eigenvalue weighted by molar-refractivity contribution is 0.00578. The van der Waals surface area contributed by atoms with Crippen LogP contribution in [0.4, 0.5) is 0 Å². The molecule has 0 N–H and O–H groups in total. The predicted molar refractivity (Wildman–Crippen MR) is 69.4 cm³/mol. The Hall–Kier alpha value is -1.13. The normalized spacial score (nSPS) is 21.5. The van der Waals surface area contributed by atoms with Crippen molar-refractivity contribution < 1.29 is 9.31 Å². The van der Waals surface area contributed by atoms with E-state index in [-0.39, 0.29) is 11.2 Å². The highest BCUT2D eigenvalue weighted by Gasteiger charge is 2.52. The highest BCUT2D eigenvalue weighted by Crippen LogP contribution is 2.39. The first kappa shape index (κ1) is 12.3. The van der Waals surface area contributed by atoms with Crippen molar-refractivity contribution >= 4 is 12.6 Å². The second-order valence-electron chi connectivity index (χ2n) is 5.36. The minimum Gasteiger partial charge on any atom is -0.399 e. The predicted octanol–water partition coefficient (Wildman–Crippen LogP) is 2.73. The van der Waals surface area contributed by atoms with E-state index < -0.39 is 7.12 Å². The van der Waals surface area contributed by atoms with E-state index >= 15 is 0 Å². The van der Waals surface area contributed by atoms with Crippen LogP contribution in [0.3, 0.4) is 0 Å². The number of aromatic nitrogens is 1. The Labute approximate surface area is 103 Å². The highest BCUT2D eigenvalue weighted by atomic mass is 16.7. The van der Waals surface area contributed by atoms with Crippen molar-refractivity contribution in [3.05, 3.63) is 36.7 Å². The van der Waals surface area contributed by atoms with Crippen molar-refractivity contribution in [1.82, 2.24) is 4.98 Å². The largest absolute Gasteiger partial charge is 0.494 e. The maximum absolute atomic E-state index is 5.93. The molecule has 1 aliphatic heterocycles. The van der Waals surface area contributed by atoms with Crippen LogP contribution in [0.1, 0.15) is 33.3 Å². The molecule has 1 aromatic rings. The molecule has 90 valence electrons. The summed E-state index contributed by atoms with van der Waals surface area (Å²) in [5.41, 5.74) is 1.11. The number of hydrogen-bond donors (Lipinski definition) is 0. The second kappa shape index (κ2) is 3.96. The van der Waals surface area contributed by atoms with E-state index in [4.69, 9.17) is 9.31 Å². The van der Waals surface area contributed by atoms with E-state index in [2.05, 4.69) is 11.6 Å². The lowest BCUT2D eigenvalue weighted by Crippen LogP contribution is -2.41. The van der Waals surface area contributed by atoms with Gasteiger partial charge in [-0.3, -0.25) is 4.98 Å². The number of pyridine rings is 1. The number of rotatable bonds is 2. The number of hydrogen-bond acceptors (Lipinski definition) is 3. The Kier molecular flexibility index (Phi) is 2.88. The van der Waals surface area contributed by atoms with E-state index in [1.165, 1.54) is 0 Å². The smallest absolute Gasteiger partial charge is 0.399 e. The quantitative estimate of drug-likeness (QED) is 0.733. The van der Waals surface area contributed by atoms with Gasteiger partial charge in [0, 0.05) is 12.4 Å². The van der Waals surface area contributed by atoms with Crippen LogP contribution < -0.4 is 0 Å². The molecule has 1 aromatic heterocycles. The van der Waals surface area contributed by atoms with Crippen LogP contribution in [0.5, 0.6) is 0 Å². The Morgan fingerprint density at radius 3 is 2.29 bits per heavy atom. The molecule has 0 aromatic carbocycles. The molecule has 0 saturated carbocycles. The highest BCUT2D eigenvalue weighted by molar-refractivity contribution is 6.68. The van der Waals surface area contributed by atoms with Gasteiger partial charge >= 0.3 is 7.12 Å². The lowest BCUT2D eigenvalue weighted by Gasteiger charge is -2.32. The third kappa shape index (κ3) is 2.15. The van der Waals surface area contributed by atoms with E-state index in [1.807, 2.05) is 39.8 Å². The van der Waals surface area contributed by atoms with Gasteiger partial charge in [-0.1, -0.05) is 12.6 Å². The molecular formula is C13H18BNO2. The van der Waals surface area contributed by atoms with Gasteiger partial charge in [-0.05, 0) is 44.8 Å². The van der Waals surface area contributed by atoms with Crippen molar-refractivity contribution in [3.8, 4) is 0 Å². The summed E-state index contributed by atoms with van der Waals surface area (Å²) >= 11 is 0. The second-order valence-corrected chi connectivity index (χ2v) is 5.36. The van der Waals surface area contributed by atoms with Crippen LogP contribution in [0.25, 0.3) is 5.47 Å². The maximum atomic E-state index is 5.93. The van der Waals surface area contributed by atoms with Crippen molar-refractivity contribution in [2.24, 2.45) is 0 Å². The summed E-state index contributed by atoms with van der Waals surface area (Å²) in [6.07, 6.45) is 3.51. The first-order valence-corrected chi connectivity index (χ1v) is 5.78. The summed E-state index contributed by atoms with van der Waals surface area (Å²) in [5, 5.41) is 0. The maximum Gasteiger partial charge on any atom is 0.494 e. The molecule has 17 heavy (non-hydrogen) atoms. The molecule has 0 radical (unpaired) electrons. The van der Waals surface area contributed by atoms with Crippen molar-refractivity contribution in [1.29, 1.82) is 0 Å². The van der Waals surface area contributed by atoms with Crippen LogP contribution in [-0.2, 0) is 9.31 Å². The van der Waals surface area contributed by atoms with Gasteiger partial charge in [0.15, 0.2) is 0 Å². The van der Waals surface area contributed by atoms with Gasteiger partial charge in [0.2, 0.25) is 0 Å². The fourth-order valence-corrected chi connectivity index (χ4v) is 1.67. The van der Waals surface area contributed by atoms with Gasteiger partial charge in [-0.2, -0.15) is 0 Å². The van der Waals surface area contributed by atoms with Gasteiger partial charge in [-0.15, -0.1) is 0 Å². The Bertz CT molecular complexity index is 412. The molecule has 0 aliphatic carbocycles. The molecule has 1 saturated heterocycles. The van der Waals surface area contributed by atoms with Gasteiger partial charge < -0.3 is 9.31 Å². The zero-order valence-electron chi connectivity index (χ0n) is 10.9. The molecule has 2 heterocycles. The molecule has 4 heteroatoms. The van der Waals surface area contributed by atoms with Gasteiger partial charge in [0.1, 0.15) is 0 Å². The molecule has 1 fully saturated rings. The molecule has 0 bridgehead atoms. The first-order chi connectivity index (χ1) is 7.83. The Morgan fingerprint density at radius 2 is 1.82 bits per heavy atom. The van der Waals surface area contributed by atoms with Gasteiger partial charge in [0.05, 0.1) is 11.2 Å². The standard InChI is InChI=1S/C13H18BNO2/c1-10(11-7-6-8-15-9-11)14-16-12(2,3)13(4,5)17-14/h6-9H,1H2,2-5H3.